The Labute approximate surface area is 129 Å². The molecule has 0 aliphatic carbocycles. The van der Waals surface area contributed by atoms with Gasteiger partial charge >= 0.3 is 0 Å². The van der Waals surface area contributed by atoms with Crippen molar-refractivity contribution in [2.45, 2.75) is 18.9 Å². The van der Waals surface area contributed by atoms with Crippen molar-refractivity contribution in [1.82, 2.24) is 5.32 Å². The van der Waals surface area contributed by atoms with Crippen LogP contribution in [0, 0.1) is 0 Å². The van der Waals surface area contributed by atoms with Gasteiger partial charge < -0.3 is 5.32 Å². The maximum Gasteiger partial charge on any atom is 0.0332 e. The summed E-state index contributed by atoms with van der Waals surface area (Å²) in [5.74, 6) is 0. The number of benzene rings is 1. The molecule has 0 amide bonds. The molecule has 1 nitrogen and oxygen atoms in total. The van der Waals surface area contributed by atoms with E-state index < -0.39 is 0 Å². The van der Waals surface area contributed by atoms with Gasteiger partial charge in [-0.1, -0.05) is 37.9 Å². The molecule has 0 saturated heterocycles. The summed E-state index contributed by atoms with van der Waals surface area (Å²) in [6.07, 6.45) is 2.22. The first-order valence-corrected chi connectivity index (χ1v) is 8.32. The van der Waals surface area contributed by atoms with Crippen molar-refractivity contribution in [3.05, 3.63) is 55.1 Å². The van der Waals surface area contributed by atoms with E-state index >= 15 is 0 Å². The third-order valence-corrected chi connectivity index (χ3v) is 5.09. The Morgan fingerprint density at radius 1 is 1.28 bits per heavy atom. The Bertz CT molecular complexity index is 497. The summed E-state index contributed by atoms with van der Waals surface area (Å²) < 4.78 is 2.29. The van der Waals surface area contributed by atoms with Gasteiger partial charge in [0, 0.05) is 19.9 Å². The van der Waals surface area contributed by atoms with Crippen molar-refractivity contribution in [3.8, 4) is 0 Å². The summed E-state index contributed by atoms with van der Waals surface area (Å²) in [4.78, 5) is 1.45. The topological polar surface area (TPSA) is 12.0 Å². The van der Waals surface area contributed by atoms with Crippen LogP contribution in [0.5, 0.6) is 0 Å². The first-order chi connectivity index (χ1) is 8.70. The van der Waals surface area contributed by atoms with E-state index in [1.807, 2.05) is 18.4 Å². The van der Waals surface area contributed by atoms with Gasteiger partial charge in [-0.05, 0) is 55.1 Å². The average Bonchev–Trinajstić information content (AvgIpc) is 2.87. The van der Waals surface area contributed by atoms with Crippen molar-refractivity contribution in [1.29, 1.82) is 0 Å². The van der Waals surface area contributed by atoms with Gasteiger partial charge in [0.2, 0.25) is 0 Å². The number of nitrogens with one attached hydrogen (secondary N) is 1. The summed E-state index contributed by atoms with van der Waals surface area (Å²) in [7, 11) is 2.02. The normalized spacial score (nSPS) is 12.6. The first kappa shape index (κ1) is 14.3. The van der Waals surface area contributed by atoms with Gasteiger partial charge in [0.15, 0.2) is 0 Å². The van der Waals surface area contributed by atoms with Crippen molar-refractivity contribution in [3.63, 3.8) is 0 Å². The Balaban J connectivity index is 2.10. The number of aryl methyl sites for hydroxylation is 1. The van der Waals surface area contributed by atoms with Crippen molar-refractivity contribution in [2.75, 3.05) is 7.05 Å². The molecule has 0 fully saturated rings. The van der Waals surface area contributed by atoms with Crippen molar-refractivity contribution in [2.24, 2.45) is 0 Å². The van der Waals surface area contributed by atoms with E-state index in [1.54, 1.807) is 0 Å². The Kier molecular flexibility index (Phi) is 5.42. The summed E-state index contributed by atoms with van der Waals surface area (Å²) in [5, 5.41) is 5.54. The molecule has 2 rings (SSSR count). The zero-order valence-electron chi connectivity index (χ0n) is 10.1. The molecule has 0 radical (unpaired) electrons. The first-order valence-electron chi connectivity index (χ1n) is 5.85. The molecule has 1 atom stereocenters. The molecule has 0 aliphatic rings. The lowest BCUT2D eigenvalue weighted by atomic mass is 10.0. The van der Waals surface area contributed by atoms with Crippen LogP contribution in [-0.4, -0.2) is 7.05 Å². The van der Waals surface area contributed by atoms with Crippen LogP contribution in [0.25, 0.3) is 0 Å². The molecular formula is C14H15Br2NS. The van der Waals surface area contributed by atoms with Gasteiger partial charge in [0.1, 0.15) is 0 Å². The molecule has 0 spiro atoms. The summed E-state index contributed by atoms with van der Waals surface area (Å²) in [5.41, 5.74) is 1.31. The van der Waals surface area contributed by atoms with Gasteiger partial charge in [-0.15, -0.1) is 11.3 Å². The summed E-state index contributed by atoms with van der Waals surface area (Å²) in [6, 6.07) is 11.0. The van der Waals surface area contributed by atoms with Crippen LogP contribution in [0.2, 0.25) is 0 Å². The summed E-state index contributed by atoms with van der Waals surface area (Å²) in [6.45, 7) is 0. The van der Waals surface area contributed by atoms with E-state index in [2.05, 4.69) is 72.9 Å². The molecule has 0 aliphatic heterocycles. The molecule has 96 valence electrons. The second-order valence-corrected chi connectivity index (χ2v) is 6.93. The number of halogens is 2. The third-order valence-electron chi connectivity index (χ3n) is 2.94. The van der Waals surface area contributed by atoms with Crippen molar-refractivity contribution >= 4 is 43.2 Å². The molecule has 1 aromatic carbocycles. The zero-order valence-corrected chi connectivity index (χ0v) is 14.1. The second-order valence-electron chi connectivity index (χ2n) is 4.13. The van der Waals surface area contributed by atoms with Gasteiger partial charge in [0.25, 0.3) is 0 Å². The van der Waals surface area contributed by atoms with Crippen LogP contribution in [-0.2, 0) is 6.42 Å². The summed E-state index contributed by atoms with van der Waals surface area (Å²) >= 11 is 9.00. The van der Waals surface area contributed by atoms with Crippen LogP contribution < -0.4 is 5.32 Å². The molecule has 4 heteroatoms. The number of hydrogen-bond acceptors (Lipinski definition) is 2. The van der Waals surface area contributed by atoms with Gasteiger partial charge in [-0.2, -0.15) is 0 Å². The fraction of sp³-hybridized carbons (Fsp3) is 0.286. The van der Waals surface area contributed by atoms with Gasteiger partial charge in [-0.25, -0.2) is 0 Å². The predicted molar refractivity (Wildman–Crippen MR) is 86.3 cm³/mol. The molecular weight excluding hydrogens is 374 g/mol. The monoisotopic (exact) mass is 387 g/mol. The minimum absolute atomic E-state index is 0.374. The van der Waals surface area contributed by atoms with Crippen LogP contribution in [0.1, 0.15) is 22.9 Å². The second kappa shape index (κ2) is 6.85. The fourth-order valence-corrected chi connectivity index (χ4v) is 3.60. The van der Waals surface area contributed by atoms with Gasteiger partial charge in [-0.3, -0.25) is 0 Å². The molecule has 1 N–H and O–H groups in total. The molecule has 1 aromatic heterocycles. The number of thiophene rings is 1. The number of rotatable bonds is 5. The highest BCUT2D eigenvalue weighted by molar-refractivity contribution is 9.11. The van der Waals surface area contributed by atoms with Crippen molar-refractivity contribution < 1.29 is 0 Å². The SMILES string of the molecule is CNC(CCc1cccs1)c1cc(Br)ccc1Br. The highest BCUT2D eigenvalue weighted by Crippen LogP contribution is 2.29. The standard InChI is InChI=1S/C14H15Br2NS/c1-17-14(7-5-11-3-2-8-18-11)12-9-10(15)4-6-13(12)16/h2-4,6,8-9,14,17H,5,7H2,1H3. The maximum atomic E-state index is 3.63. The van der Waals surface area contributed by atoms with E-state index in [0.29, 0.717) is 6.04 Å². The molecule has 1 unspecified atom stereocenters. The smallest absolute Gasteiger partial charge is 0.0332 e. The van der Waals surface area contributed by atoms with Crippen LogP contribution in [0.4, 0.5) is 0 Å². The molecule has 2 aromatic rings. The Morgan fingerprint density at radius 3 is 2.78 bits per heavy atom. The fourth-order valence-electron chi connectivity index (χ4n) is 1.98. The Hall–Kier alpha value is -0.160. The van der Waals surface area contributed by atoms with E-state index in [4.69, 9.17) is 0 Å². The quantitative estimate of drug-likeness (QED) is 0.745. The number of hydrogen-bond donors (Lipinski definition) is 1. The lowest BCUT2D eigenvalue weighted by Gasteiger charge is -2.18. The van der Waals surface area contributed by atoms with Crippen LogP contribution in [0.15, 0.2) is 44.7 Å². The zero-order chi connectivity index (χ0) is 13.0. The van der Waals surface area contributed by atoms with Crippen LogP contribution >= 0.6 is 43.2 Å². The van der Waals surface area contributed by atoms with E-state index in [9.17, 15) is 0 Å². The maximum absolute atomic E-state index is 3.63. The van der Waals surface area contributed by atoms with E-state index in [0.717, 1.165) is 21.8 Å². The lowest BCUT2D eigenvalue weighted by molar-refractivity contribution is 0.549. The minimum Gasteiger partial charge on any atom is -0.313 e. The van der Waals surface area contributed by atoms with E-state index in [1.165, 1.54) is 10.4 Å². The third kappa shape index (κ3) is 3.67. The van der Waals surface area contributed by atoms with Gasteiger partial charge in [0.05, 0.1) is 0 Å². The predicted octanol–water partition coefficient (Wildman–Crippen LogP) is 5.17. The molecule has 0 bridgehead atoms. The van der Waals surface area contributed by atoms with Crippen LogP contribution in [0.3, 0.4) is 0 Å². The highest BCUT2D eigenvalue weighted by atomic mass is 79.9. The highest BCUT2D eigenvalue weighted by Gasteiger charge is 2.13. The average molecular weight is 389 g/mol. The molecule has 18 heavy (non-hydrogen) atoms. The molecule has 0 saturated carbocycles. The molecule has 1 heterocycles. The minimum atomic E-state index is 0.374. The lowest BCUT2D eigenvalue weighted by Crippen LogP contribution is -2.17. The largest absolute Gasteiger partial charge is 0.313 e. The Morgan fingerprint density at radius 2 is 2.11 bits per heavy atom. The van der Waals surface area contributed by atoms with E-state index in [-0.39, 0.29) is 0 Å².